The van der Waals surface area contributed by atoms with Crippen molar-refractivity contribution in [3.8, 4) is 0 Å². The predicted molar refractivity (Wildman–Crippen MR) is 79.6 cm³/mol. The molecule has 1 aliphatic rings. The molecule has 3 N–H and O–H groups in total. The fraction of sp³-hybridized carbons (Fsp3) is 0.727. The lowest BCUT2D eigenvalue weighted by Gasteiger charge is -2.33. The van der Waals surface area contributed by atoms with Gasteiger partial charge in [0, 0.05) is 13.5 Å². The van der Waals surface area contributed by atoms with E-state index in [-0.39, 0.29) is 20.8 Å². The largest absolute Gasteiger partial charge is 0.317 e. The van der Waals surface area contributed by atoms with E-state index >= 15 is 0 Å². The number of nitrogens with one attached hydrogen (secondary N) is 3. The summed E-state index contributed by atoms with van der Waals surface area (Å²) in [5.74, 6) is -0.315. The molecular formula is C11H19N5O3S2. The van der Waals surface area contributed by atoms with Gasteiger partial charge in [0.25, 0.3) is 10.0 Å². The summed E-state index contributed by atoms with van der Waals surface area (Å²) in [7, 11) is -3.69. The van der Waals surface area contributed by atoms with Crippen LogP contribution in [0.4, 0.5) is 5.13 Å². The van der Waals surface area contributed by atoms with Crippen LogP contribution in [-0.4, -0.2) is 44.2 Å². The predicted octanol–water partition coefficient (Wildman–Crippen LogP) is 0.165. The molecule has 8 nitrogen and oxygen atoms in total. The highest BCUT2D eigenvalue weighted by molar-refractivity contribution is 7.91. The van der Waals surface area contributed by atoms with Gasteiger partial charge in [-0.3, -0.25) is 4.79 Å². The van der Waals surface area contributed by atoms with Gasteiger partial charge in [-0.25, -0.2) is 13.1 Å². The average Bonchev–Trinajstić information content (AvgIpc) is 2.86. The first kappa shape index (κ1) is 16.3. The van der Waals surface area contributed by atoms with E-state index in [1.165, 1.54) is 6.92 Å². The van der Waals surface area contributed by atoms with Crippen molar-refractivity contribution >= 4 is 32.4 Å². The van der Waals surface area contributed by atoms with E-state index in [0.717, 1.165) is 37.3 Å². The lowest BCUT2D eigenvalue weighted by Crippen LogP contribution is -2.42. The van der Waals surface area contributed by atoms with Crippen LogP contribution in [-0.2, 0) is 14.8 Å². The molecule has 1 aromatic heterocycles. The fourth-order valence-electron chi connectivity index (χ4n) is 2.06. The third-order valence-electron chi connectivity index (χ3n) is 3.42. The van der Waals surface area contributed by atoms with Crippen molar-refractivity contribution in [1.82, 2.24) is 20.2 Å². The van der Waals surface area contributed by atoms with Crippen LogP contribution in [0.1, 0.15) is 26.7 Å². The molecule has 1 saturated heterocycles. The van der Waals surface area contributed by atoms with Crippen LogP contribution in [0.3, 0.4) is 0 Å². The van der Waals surface area contributed by atoms with Crippen molar-refractivity contribution in [2.24, 2.45) is 5.41 Å². The Morgan fingerprint density at radius 2 is 2.05 bits per heavy atom. The zero-order chi connectivity index (χ0) is 15.5. The first-order valence-corrected chi connectivity index (χ1v) is 8.92. The molecular weight excluding hydrogens is 314 g/mol. The Kier molecular flexibility index (Phi) is 4.91. The number of aromatic nitrogens is 2. The number of anilines is 1. The minimum Gasteiger partial charge on any atom is -0.317 e. The lowest BCUT2D eigenvalue weighted by molar-refractivity contribution is -0.114. The van der Waals surface area contributed by atoms with E-state index in [2.05, 4.69) is 32.5 Å². The number of rotatable bonds is 5. The topological polar surface area (TPSA) is 113 Å². The van der Waals surface area contributed by atoms with E-state index in [1.807, 2.05) is 0 Å². The van der Waals surface area contributed by atoms with Crippen molar-refractivity contribution < 1.29 is 13.2 Å². The second kappa shape index (κ2) is 6.34. The molecule has 0 unspecified atom stereocenters. The lowest BCUT2D eigenvalue weighted by atomic mass is 9.81. The first-order chi connectivity index (χ1) is 9.81. The van der Waals surface area contributed by atoms with E-state index in [9.17, 15) is 13.2 Å². The van der Waals surface area contributed by atoms with Crippen LogP contribution in [0.5, 0.6) is 0 Å². The summed E-state index contributed by atoms with van der Waals surface area (Å²) in [5, 5.41) is 13.1. The zero-order valence-corrected chi connectivity index (χ0v) is 13.6. The van der Waals surface area contributed by atoms with Crippen molar-refractivity contribution in [2.45, 2.75) is 31.0 Å². The Labute approximate surface area is 127 Å². The van der Waals surface area contributed by atoms with Crippen LogP contribution in [0, 0.1) is 5.41 Å². The van der Waals surface area contributed by atoms with Gasteiger partial charge in [-0.1, -0.05) is 18.3 Å². The quantitative estimate of drug-likeness (QED) is 0.662. The summed E-state index contributed by atoms with van der Waals surface area (Å²) in [4.78, 5) is 10.9. The smallest absolute Gasteiger partial charge is 0.269 e. The Morgan fingerprint density at radius 3 is 2.67 bits per heavy atom. The number of carbonyl (C=O) groups excluding carboxylic acids is 1. The van der Waals surface area contributed by atoms with Gasteiger partial charge < -0.3 is 10.6 Å². The van der Waals surface area contributed by atoms with Crippen molar-refractivity contribution in [3.05, 3.63) is 0 Å². The Bertz CT molecular complexity index is 607. The van der Waals surface area contributed by atoms with Gasteiger partial charge >= 0.3 is 0 Å². The highest BCUT2D eigenvalue weighted by atomic mass is 32.2. The first-order valence-electron chi connectivity index (χ1n) is 6.62. The number of piperidine rings is 1. The number of amides is 1. The number of carbonyl (C=O) groups is 1. The van der Waals surface area contributed by atoms with Crippen molar-refractivity contribution in [1.29, 1.82) is 0 Å². The van der Waals surface area contributed by atoms with Crippen molar-refractivity contribution in [2.75, 3.05) is 25.0 Å². The maximum Gasteiger partial charge on any atom is 0.269 e. The molecule has 2 heterocycles. The van der Waals surface area contributed by atoms with Gasteiger partial charge in [0.15, 0.2) is 0 Å². The molecule has 1 amide bonds. The maximum absolute atomic E-state index is 12.2. The molecule has 0 saturated carbocycles. The second-order valence-electron chi connectivity index (χ2n) is 5.44. The molecule has 0 spiro atoms. The van der Waals surface area contributed by atoms with Crippen LogP contribution < -0.4 is 15.4 Å². The van der Waals surface area contributed by atoms with Crippen molar-refractivity contribution in [3.63, 3.8) is 0 Å². The minimum absolute atomic E-state index is 0.0521. The number of sulfonamides is 1. The highest BCUT2D eigenvalue weighted by Crippen LogP contribution is 2.28. The number of hydrogen-bond acceptors (Lipinski definition) is 7. The van der Waals surface area contributed by atoms with E-state index < -0.39 is 10.0 Å². The van der Waals surface area contributed by atoms with Gasteiger partial charge in [-0.15, -0.1) is 10.2 Å². The summed E-state index contributed by atoms with van der Waals surface area (Å²) >= 11 is 0.837. The minimum atomic E-state index is -3.69. The monoisotopic (exact) mass is 333 g/mol. The van der Waals surface area contributed by atoms with Gasteiger partial charge in [0.1, 0.15) is 0 Å². The summed E-state index contributed by atoms with van der Waals surface area (Å²) in [6.45, 7) is 5.55. The maximum atomic E-state index is 12.2. The van der Waals surface area contributed by atoms with E-state index in [4.69, 9.17) is 0 Å². The number of hydrogen-bond donors (Lipinski definition) is 3. The molecule has 1 aromatic rings. The molecule has 118 valence electrons. The molecule has 0 aliphatic carbocycles. The van der Waals surface area contributed by atoms with Crippen LogP contribution in [0.15, 0.2) is 4.34 Å². The van der Waals surface area contributed by atoms with Gasteiger partial charge in [0.05, 0.1) is 0 Å². The SMILES string of the molecule is CC(=O)Nc1nnc(S(=O)(=O)NCC2(C)CCNCC2)s1. The third kappa shape index (κ3) is 4.43. The average molecular weight is 333 g/mol. The van der Waals surface area contributed by atoms with Crippen LogP contribution >= 0.6 is 11.3 Å². The van der Waals surface area contributed by atoms with Gasteiger partial charge in [0.2, 0.25) is 15.4 Å². The van der Waals surface area contributed by atoms with Crippen LogP contribution in [0.25, 0.3) is 0 Å². The molecule has 0 bridgehead atoms. The van der Waals surface area contributed by atoms with Gasteiger partial charge in [-0.2, -0.15) is 0 Å². The Morgan fingerprint density at radius 1 is 1.38 bits per heavy atom. The second-order valence-corrected chi connectivity index (χ2v) is 8.36. The Hall–Kier alpha value is -1.10. The molecule has 0 atom stereocenters. The standard InChI is InChI=1S/C11H19N5O3S2/c1-8(17)14-9-15-16-10(20-9)21(18,19)13-7-11(2)3-5-12-6-4-11/h12-13H,3-7H2,1-2H3,(H,14,15,17). The van der Waals surface area contributed by atoms with Crippen LogP contribution in [0.2, 0.25) is 0 Å². The Balaban J connectivity index is 2.01. The molecule has 1 fully saturated rings. The summed E-state index contributed by atoms with van der Waals surface area (Å²) in [5.41, 5.74) is -0.0521. The molecule has 10 heteroatoms. The summed E-state index contributed by atoms with van der Waals surface area (Å²) in [6, 6.07) is 0. The number of nitrogens with zero attached hydrogens (tertiary/aromatic N) is 2. The van der Waals surface area contributed by atoms with Gasteiger partial charge in [-0.05, 0) is 31.3 Å². The highest BCUT2D eigenvalue weighted by Gasteiger charge is 2.30. The molecule has 1 aliphatic heterocycles. The normalized spacial score (nSPS) is 18.4. The third-order valence-corrected chi connectivity index (χ3v) is 6.03. The molecule has 0 aromatic carbocycles. The summed E-state index contributed by atoms with van der Waals surface area (Å²) < 4.78 is 26.8. The van der Waals surface area contributed by atoms with E-state index in [1.54, 1.807) is 0 Å². The summed E-state index contributed by atoms with van der Waals surface area (Å²) in [6.07, 6.45) is 1.84. The molecule has 21 heavy (non-hydrogen) atoms. The fourth-order valence-corrected chi connectivity index (χ4v) is 4.24. The molecule has 0 radical (unpaired) electrons. The molecule has 2 rings (SSSR count). The zero-order valence-electron chi connectivity index (χ0n) is 12.0. The van der Waals surface area contributed by atoms with E-state index in [0.29, 0.717) is 6.54 Å².